The van der Waals surface area contributed by atoms with Gasteiger partial charge in [0.05, 0.1) is 18.7 Å². The molecule has 4 nitrogen and oxygen atoms in total. The Balaban J connectivity index is 2.08. The van der Waals surface area contributed by atoms with Crippen LogP contribution in [0.25, 0.3) is 0 Å². The first kappa shape index (κ1) is 15.4. The number of ether oxygens (including phenoxy) is 2. The number of thiazole rings is 1. The summed E-state index contributed by atoms with van der Waals surface area (Å²) < 4.78 is 10.8. The summed E-state index contributed by atoms with van der Waals surface area (Å²) in [5.74, 6) is 0.547. The lowest BCUT2D eigenvalue weighted by Crippen LogP contribution is -2.33. The van der Waals surface area contributed by atoms with Crippen LogP contribution in [0.3, 0.4) is 0 Å². The molecule has 2 rings (SSSR count). The van der Waals surface area contributed by atoms with Crippen LogP contribution in [-0.2, 0) is 26.3 Å². The van der Waals surface area contributed by atoms with Gasteiger partial charge in [-0.3, -0.25) is 4.79 Å². The summed E-state index contributed by atoms with van der Waals surface area (Å²) in [5.41, 5.74) is 0.544. The van der Waals surface area contributed by atoms with Crippen LogP contribution in [-0.4, -0.2) is 24.7 Å². The number of carbonyl (C=O) groups excluding carboxylic acids is 1. The molecule has 20 heavy (non-hydrogen) atoms. The fraction of sp³-hybridized carbons (Fsp3) is 0.733. The molecule has 1 saturated carbocycles. The maximum absolute atomic E-state index is 11.5. The molecule has 0 spiro atoms. The Labute approximate surface area is 124 Å². The normalized spacial score (nSPS) is 26.4. The Kier molecular flexibility index (Phi) is 5.16. The zero-order valence-corrected chi connectivity index (χ0v) is 13.3. The molecule has 5 heteroatoms. The Morgan fingerprint density at radius 2 is 2.20 bits per heavy atom. The first-order chi connectivity index (χ1) is 9.59. The summed E-state index contributed by atoms with van der Waals surface area (Å²) in [6, 6.07) is 0. The molecule has 1 aliphatic carbocycles. The van der Waals surface area contributed by atoms with E-state index in [9.17, 15) is 4.79 Å². The van der Waals surface area contributed by atoms with Crippen LogP contribution in [0.1, 0.15) is 50.2 Å². The molecule has 112 valence electrons. The largest absolute Gasteiger partial charge is 0.466 e. The molecule has 0 N–H and O–H groups in total. The van der Waals surface area contributed by atoms with Gasteiger partial charge in [-0.25, -0.2) is 4.98 Å². The number of rotatable bonds is 5. The van der Waals surface area contributed by atoms with E-state index in [1.54, 1.807) is 18.4 Å². The molecule has 1 fully saturated rings. The highest BCUT2D eigenvalue weighted by Crippen LogP contribution is 2.43. The van der Waals surface area contributed by atoms with E-state index >= 15 is 0 Å². The highest BCUT2D eigenvalue weighted by atomic mass is 32.1. The minimum Gasteiger partial charge on any atom is -0.466 e. The second kappa shape index (κ2) is 6.68. The molecular weight excluding hydrogens is 274 g/mol. The lowest BCUT2D eigenvalue weighted by Gasteiger charge is -2.36. The summed E-state index contributed by atoms with van der Waals surface area (Å²) >= 11 is 1.60. The minimum atomic E-state index is -0.246. The second-order valence-corrected chi connectivity index (χ2v) is 6.36. The minimum absolute atomic E-state index is 0.215. The first-order valence-corrected chi connectivity index (χ1v) is 8.13. The van der Waals surface area contributed by atoms with Gasteiger partial charge < -0.3 is 9.47 Å². The van der Waals surface area contributed by atoms with Gasteiger partial charge in [0.2, 0.25) is 0 Å². The lowest BCUT2D eigenvalue weighted by molar-refractivity contribution is -0.142. The number of carbonyl (C=O) groups is 1. The van der Waals surface area contributed by atoms with Gasteiger partial charge >= 0.3 is 5.97 Å². The van der Waals surface area contributed by atoms with Gasteiger partial charge in [0, 0.05) is 12.5 Å². The molecule has 0 atom stereocenters. The van der Waals surface area contributed by atoms with Crippen molar-refractivity contribution in [2.75, 3.05) is 13.7 Å². The smallest absolute Gasteiger partial charge is 0.311 e. The fourth-order valence-electron chi connectivity index (χ4n) is 2.69. The summed E-state index contributed by atoms with van der Waals surface area (Å²) in [4.78, 5) is 16.1. The van der Waals surface area contributed by atoms with Crippen molar-refractivity contribution >= 4 is 17.3 Å². The van der Waals surface area contributed by atoms with Crippen LogP contribution in [0.15, 0.2) is 5.38 Å². The van der Waals surface area contributed by atoms with Crippen molar-refractivity contribution in [2.45, 2.75) is 51.6 Å². The second-order valence-electron chi connectivity index (χ2n) is 5.51. The lowest BCUT2D eigenvalue weighted by atomic mass is 9.80. The Morgan fingerprint density at radius 3 is 2.80 bits per heavy atom. The van der Waals surface area contributed by atoms with E-state index < -0.39 is 0 Å². The number of hydrogen-bond acceptors (Lipinski definition) is 5. The van der Waals surface area contributed by atoms with Gasteiger partial charge in [-0.1, -0.05) is 6.92 Å². The molecule has 0 saturated heterocycles. The van der Waals surface area contributed by atoms with Gasteiger partial charge in [-0.05, 0) is 38.5 Å². The number of aromatic nitrogens is 1. The summed E-state index contributed by atoms with van der Waals surface area (Å²) in [6.07, 6.45) is 4.61. The van der Waals surface area contributed by atoms with Crippen LogP contribution in [0.5, 0.6) is 0 Å². The van der Waals surface area contributed by atoms with Gasteiger partial charge in [0.25, 0.3) is 0 Å². The van der Waals surface area contributed by atoms with Crippen molar-refractivity contribution in [1.82, 2.24) is 4.98 Å². The molecule has 0 amide bonds. The fourth-order valence-corrected chi connectivity index (χ4v) is 3.75. The van der Waals surface area contributed by atoms with Gasteiger partial charge in [0.1, 0.15) is 10.6 Å². The SMILES string of the molecule is CCOC(=O)Cc1csc(C2(OC)CCC(C)CC2)n1. The van der Waals surface area contributed by atoms with Crippen LogP contribution < -0.4 is 0 Å². The molecule has 0 unspecified atom stereocenters. The molecule has 0 aromatic carbocycles. The Hall–Kier alpha value is -0.940. The summed E-state index contributed by atoms with van der Waals surface area (Å²) in [6.45, 7) is 4.51. The predicted molar refractivity (Wildman–Crippen MR) is 78.8 cm³/mol. The van der Waals surface area contributed by atoms with E-state index in [0.29, 0.717) is 6.61 Å². The number of hydrogen-bond donors (Lipinski definition) is 0. The standard InChI is InChI=1S/C15H23NO3S/c1-4-19-13(17)9-12-10-20-14(16-12)15(18-3)7-5-11(2)6-8-15/h10-11H,4-9H2,1-3H3. The van der Waals surface area contributed by atoms with E-state index in [0.717, 1.165) is 29.5 Å². The van der Waals surface area contributed by atoms with Crippen molar-refractivity contribution in [1.29, 1.82) is 0 Å². The molecule has 1 aromatic rings. The monoisotopic (exact) mass is 297 g/mol. The average Bonchev–Trinajstić information content (AvgIpc) is 2.89. The van der Waals surface area contributed by atoms with E-state index in [1.807, 2.05) is 12.3 Å². The molecule has 1 heterocycles. The quantitative estimate of drug-likeness (QED) is 0.782. The van der Waals surface area contributed by atoms with Crippen molar-refractivity contribution < 1.29 is 14.3 Å². The van der Waals surface area contributed by atoms with E-state index in [1.165, 1.54) is 12.8 Å². The summed E-state index contributed by atoms with van der Waals surface area (Å²) in [5, 5.41) is 2.96. The van der Waals surface area contributed by atoms with Gasteiger partial charge in [0.15, 0.2) is 0 Å². The third kappa shape index (κ3) is 3.38. The highest BCUT2D eigenvalue weighted by Gasteiger charge is 2.38. The number of esters is 1. The molecule has 0 aliphatic heterocycles. The third-order valence-corrected chi connectivity index (χ3v) is 5.12. The van der Waals surface area contributed by atoms with Crippen molar-refractivity contribution in [3.8, 4) is 0 Å². The van der Waals surface area contributed by atoms with E-state index in [-0.39, 0.29) is 18.0 Å². The maximum atomic E-state index is 11.5. The Morgan fingerprint density at radius 1 is 1.50 bits per heavy atom. The van der Waals surface area contributed by atoms with Crippen LogP contribution in [0, 0.1) is 5.92 Å². The predicted octanol–water partition coefficient (Wildman–Crippen LogP) is 3.30. The van der Waals surface area contributed by atoms with E-state index in [2.05, 4.69) is 11.9 Å². The molecule has 0 bridgehead atoms. The molecular formula is C15H23NO3S. The van der Waals surface area contributed by atoms with Crippen LogP contribution in [0.4, 0.5) is 0 Å². The number of nitrogens with zero attached hydrogens (tertiary/aromatic N) is 1. The van der Waals surface area contributed by atoms with Crippen LogP contribution >= 0.6 is 11.3 Å². The third-order valence-electron chi connectivity index (χ3n) is 4.04. The number of methoxy groups -OCH3 is 1. The van der Waals surface area contributed by atoms with Gasteiger partial charge in [-0.2, -0.15) is 0 Å². The molecule has 1 aromatic heterocycles. The van der Waals surface area contributed by atoms with Crippen LogP contribution in [0.2, 0.25) is 0 Å². The van der Waals surface area contributed by atoms with Gasteiger partial charge in [-0.15, -0.1) is 11.3 Å². The summed E-state index contributed by atoms with van der Waals surface area (Å²) in [7, 11) is 1.77. The molecule has 0 radical (unpaired) electrons. The van der Waals surface area contributed by atoms with E-state index in [4.69, 9.17) is 9.47 Å². The molecule has 1 aliphatic rings. The van der Waals surface area contributed by atoms with Crippen molar-refractivity contribution in [3.05, 3.63) is 16.1 Å². The Bertz CT molecular complexity index is 450. The topological polar surface area (TPSA) is 48.4 Å². The highest BCUT2D eigenvalue weighted by molar-refractivity contribution is 7.09. The zero-order chi connectivity index (χ0) is 14.6. The van der Waals surface area contributed by atoms with Crippen molar-refractivity contribution in [2.24, 2.45) is 5.92 Å². The maximum Gasteiger partial charge on any atom is 0.311 e. The first-order valence-electron chi connectivity index (χ1n) is 7.25. The average molecular weight is 297 g/mol. The van der Waals surface area contributed by atoms with Crippen molar-refractivity contribution in [3.63, 3.8) is 0 Å². The zero-order valence-electron chi connectivity index (χ0n) is 12.5.